The average Bonchev–Trinajstić information content (AvgIpc) is 2.16. The van der Waals surface area contributed by atoms with Gasteiger partial charge in [-0.15, -0.1) is 11.8 Å². The van der Waals surface area contributed by atoms with Crippen molar-refractivity contribution < 1.29 is 4.74 Å². The fourth-order valence-electron chi connectivity index (χ4n) is 1.28. The summed E-state index contributed by atoms with van der Waals surface area (Å²) in [4.78, 5) is 1.32. The summed E-state index contributed by atoms with van der Waals surface area (Å²) >= 11 is 1.77. The van der Waals surface area contributed by atoms with Crippen LogP contribution in [-0.2, 0) is 6.42 Å². The molecule has 0 atom stereocenters. The van der Waals surface area contributed by atoms with Gasteiger partial charge in [-0.1, -0.05) is 13.0 Å². The van der Waals surface area contributed by atoms with E-state index < -0.39 is 0 Å². The summed E-state index contributed by atoms with van der Waals surface area (Å²) < 4.78 is 5.27. The molecule has 12 heavy (non-hydrogen) atoms. The number of hydrogen-bond donors (Lipinski definition) is 0. The van der Waals surface area contributed by atoms with Gasteiger partial charge in [0.1, 0.15) is 5.75 Å². The second-order valence-electron chi connectivity index (χ2n) is 2.49. The van der Waals surface area contributed by atoms with E-state index in [0.717, 1.165) is 12.2 Å². The van der Waals surface area contributed by atoms with E-state index in [1.807, 2.05) is 12.1 Å². The molecule has 0 N–H and O–H groups in total. The van der Waals surface area contributed by atoms with Gasteiger partial charge < -0.3 is 4.74 Å². The van der Waals surface area contributed by atoms with Crippen molar-refractivity contribution >= 4 is 11.8 Å². The number of rotatable bonds is 3. The molecule has 0 spiro atoms. The normalized spacial score (nSPS) is 9.92. The van der Waals surface area contributed by atoms with Crippen LogP contribution in [0.15, 0.2) is 23.1 Å². The monoisotopic (exact) mass is 182 g/mol. The first-order chi connectivity index (χ1) is 5.83. The highest BCUT2D eigenvalue weighted by molar-refractivity contribution is 7.98. The maximum Gasteiger partial charge on any atom is 0.123 e. The summed E-state index contributed by atoms with van der Waals surface area (Å²) in [5.74, 6) is 1.00. The van der Waals surface area contributed by atoms with Crippen molar-refractivity contribution in [1.82, 2.24) is 0 Å². The van der Waals surface area contributed by atoms with E-state index in [-0.39, 0.29) is 0 Å². The first-order valence-electron chi connectivity index (χ1n) is 4.03. The Morgan fingerprint density at radius 2 is 2.17 bits per heavy atom. The van der Waals surface area contributed by atoms with Crippen molar-refractivity contribution in [2.75, 3.05) is 13.4 Å². The molecule has 0 aliphatic heterocycles. The highest BCUT2D eigenvalue weighted by Crippen LogP contribution is 2.28. The zero-order valence-corrected chi connectivity index (χ0v) is 8.57. The third-order valence-electron chi connectivity index (χ3n) is 1.88. The SMILES string of the molecule is CCc1c(OC)cccc1SC. The number of thioether (sulfide) groups is 1. The summed E-state index contributed by atoms with van der Waals surface area (Å²) in [6.45, 7) is 2.15. The van der Waals surface area contributed by atoms with Crippen molar-refractivity contribution in [3.8, 4) is 5.75 Å². The van der Waals surface area contributed by atoms with E-state index in [0.29, 0.717) is 0 Å². The lowest BCUT2D eigenvalue weighted by Gasteiger charge is -2.09. The average molecular weight is 182 g/mol. The predicted octanol–water partition coefficient (Wildman–Crippen LogP) is 2.98. The smallest absolute Gasteiger partial charge is 0.123 e. The van der Waals surface area contributed by atoms with Crippen LogP contribution in [0, 0.1) is 0 Å². The highest BCUT2D eigenvalue weighted by Gasteiger charge is 2.04. The molecule has 2 heteroatoms. The van der Waals surface area contributed by atoms with Crippen LogP contribution in [0.3, 0.4) is 0 Å². The van der Waals surface area contributed by atoms with E-state index in [9.17, 15) is 0 Å². The van der Waals surface area contributed by atoms with Gasteiger partial charge in [-0.05, 0) is 24.8 Å². The molecule has 1 nitrogen and oxygen atoms in total. The molecule has 0 aliphatic carbocycles. The van der Waals surface area contributed by atoms with Gasteiger partial charge in [-0.25, -0.2) is 0 Å². The van der Waals surface area contributed by atoms with Crippen LogP contribution < -0.4 is 4.74 Å². The van der Waals surface area contributed by atoms with Crippen molar-refractivity contribution in [3.05, 3.63) is 23.8 Å². The molecule has 0 aromatic heterocycles. The maximum atomic E-state index is 5.27. The minimum atomic E-state index is 1.00. The quantitative estimate of drug-likeness (QED) is 0.665. The standard InChI is InChI=1S/C10H14OS/c1-4-8-9(11-2)6-5-7-10(8)12-3/h5-7H,4H2,1-3H3. The lowest BCUT2D eigenvalue weighted by atomic mass is 10.1. The Labute approximate surface area is 78.1 Å². The van der Waals surface area contributed by atoms with Crippen LogP contribution in [0.25, 0.3) is 0 Å². The van der Waals surface area contributed by atoms with Gasteiger partial charge in [-0.2, -0.15) is 0 Å². The van der Waals surface area contributed by atoms with Crippen LogP contribution in [0.5, 0.6) is 5.75 Å². The summed E-state index contributed by atoms with van der Waals surface area (Å²) in [6, 6.07) is 6.18. The minimum Gasteiger partial charge on any atom is -0.496 e. The van der Waals surface area contributed by atoms with Gasteiger partial charge >= 0.3 is 0 Å². The highest BCUT2D eigenvalue weighted by atomic mass is 32.2. The zero-order chi connectivity index (χ0) is 8.97. The second kappa shape index (κ2) is 4.41. The van der Waals surface area contributed by atoms with E-state index in [1.54, 1.807) is 18.9 Å². The maximum absolute atomic E-state index is 5.27. The van der Waals surface area contributed by atoms with Crippen LogP contribution in [0.1, 0.15) is 12.5 Å². The zero-order valence-electron chi connectivity index (χ0n) is 7.76. The molecule has 0 radical (unpaired) electrons. The third-order valence-corrected chi connectivity index (χ3v) is 2.71. The van der Waals surface area contributed by atoms with Crippen LogP contribution in [0.2, 0.25) is 0 Å². The summed E-state index contributed by atoms with van der Waals surface area (Å²) in [5, 5.41) is 0. The van der Waals surface area contributed by atoms with Crippen LogP contribution >= 0.6 is 11.8 Å². The van der Waals surface area contributed by atoms with Gasteiger partial charge in [0, 0.05) is 10.5 Å². The van der Waals surface area contributed by atoms with Gasteiger partial charge in [0.05, 0.1) is 7.11 Å². The molecule has 0 heterocycles. The Balaban J connectivity index is 3.13. The molecular formula is C10H14OS. The molecule has 0 saturated carbocycles. The Bertz CT molecular complexity index is 236. The lowest BCUT2D eigenvalue weighted by molar-refractivity contribution is 0.408. The molecule has 0 aliphatic rings. The topological polar surface area (TPSA) is 9.23 Å². The molecule has 1 aromatic rings. The van der Waals surface area contributed by atoms with Crippen LogP contribution in [-0.4, -0.2) is 13.4 Å². The Morgan fingerprint density at radius 1 is 1.42 bits per heavy atom. The Hall–Kier alpha value is -0.630. The van der Waals surface area contributed by atoms with Crippen molar-refractivity contribution in [2.45, 2.75) is 18.2 Å². The summed E-state index contributed by atoms with van der Waals surface area (Å²) in [6.07, 6.45) is 3.12. The van der Waals surface area contributed by atoms with Crippen molar-refractivity contribution in [1.29, 1.82) is 0 Å². The van der Waals surface area contributed by atoms with Gasteiger partial charge in [0.2, 0.25) is 0 Å². The Morgan fingerprint density at radius 3 is 2.67 bits per heavy atom. The fourth-order valence-corrected chi connectivity index (χ4v) is 1.98. The molecule has 1 rings (SSSR count). The van der Waals surface area contributed by atoms with Gasteiger partial charge in [-0.3, -0.25) is 0 Å². The van der Waals surface area contributed by atoms with Gasteiger partial charge in [0.15, 0.2) is 0 Å². The number of hydrogen-bond acceptors (Lipinski definition) is 2. The molecular weight excluding hydrogens is 168 g/mol. The van der Waals surface area contributed by atoms with E-state index >= 15 is 0 Å². The van der Waals surface area contributed by atoms with E-state index in [2.05, 4.69) is 19.2 Å². The van der Waals surface area contributed by atoms with Crippen molar-refractivity contribution in [2.24, 2.45) is 0 Å². The molecule has 0 fully saturated rings. The molecule has 1 aromatic carbocycles. The molecule has 66 valence electrons. The summed E-state index contributed by atoms with van der Waals surface area (Å²) in [7, 11) is 1.72. The van der Waals surface area contributed by atoms with E-state index in [4.69, 9.17) is 4.74 Å². The largest absolute Gasteiger partial charge is 0.496 e. The molecule has 0 unspecified atom stereocenters. The lowest BCUT2D eigenvalue weighted by Crippen LogP contribution is -1.91. The number of ether oxygens (including phenoxy) is 1. The summed E-state index contributed by atoms with van der Waals surface area (Å²) in [5.41, 5.74) is 1.31. The fraction of sp³-hybridized carbons (Fsp3) is 0.400. The molecule has 0 bridgehead atoms. The van der Waals surface area contributed by atoms with Crippen LogP contribution in [0.4, 0.5) is 0 Å². The minimum absolute atomic E-state index is 1.00. The number of benzene rings is 1. The van der Waals surface area contributed by atoms with E-state index in [1.165, 1.54) is 10.5 Å². The first kappa shape index (κ1) is 9.46. The second-order valence-corrected chi connectivity index (χ2v) is 3.34. The number of methoxy groups -OCH3 is 1. The molecule has 0 amide bonds. The molecule has 0 saturated heterocycles. The van der Waals surface area contributed by atoms with Crippen molar-refractivity contribution in [3.63, 3.8) is 0 Å². The predicted molar refractivity (Wildman–Crippen MR) is 54.2 cm³/mol. The Kier molecular flexibility index (Phi) is 3.48. The van der Waals surface area contributed by atoms with Gasteiger partial charge in [0.25, 0.3) is 0 Å². The first-order valence-corrected chi connectivity index (χ1v) is 5.25. The third kappa shape index (κ3) is 1.75.